The molecule has 15 heavy (non-hydrogen) atoms. The molecule has 0 radical (unpaired) electrons. The summed E-state index contributed by atoms with van der Waals surface area (Å²) in [5.74, 6) is 0.820. The molecule has 0 aromatic carbocycles. The molecular formula is C11H12N4. The van der Waals surface area contributed by atoms with Crippen LogP contribution in [0.5, 0.6) is 0 Å². The molecule has 0 unspecified atom stereocenters. The van der Waals surface area contributed by atoms with Gasteiger partial charge >= 0.3 is 0 Å². The topological polar surface area (TPSA) is 64.7 Å². The fourth-order valence-electron chi connectivity index (χ4n) is 1.30. The van der Waals surface area contributed by atoms with E-state index in [2.05, 4.69) is 15.0 Å². The maximum atomic E-state index is 5.50. The Morgan fingerprint density at radius 3 is 2.33 bits per heavy atom. The Balaban J connectivity index is 1.96. The molecule has 0 bridgehead atoms. The van der Waals surface area contributed by atoms with Gasteiger partial charge in [-0.05, 0) is 24.1 Å². The number of rotatable bonds is 3. The maximum absolute atomic E-state index is 5.50. The van der Waals surface area contributed by atoms with Crippen LogP contribution in [0, 0.1) is 0 Å². The Labute approximate surface area is 88.2 Å². The quantitative estimate of drug-likeness (QED) is 0.809. The van der Waals surface area contributed by atoms with Crippen LogP contribution in [0.4, 0.5) is 5.69 Å². The third-order valence-corrected chi connectivity index (χ3v) is 2.11. The average Bonchev–Trinajstić information content (AvgIpc) is 2.30. The first-order valence-electron chi connectivity index (χ1n) is 4.80. The van der Waals surface area contributed by atoms with Gasteiger partial charge in [0.05, 0.1) is 18.1 Å². The molecule has 4 nitrogen and oxygen atoms in total. The Morgan fingerprint density at radius 1 is 1.00 bits per heavy atom. The molecule has 0 fully saturated rings. The zero-order valence-corrected chi connectivity index (χ0v) is 8.30. The second kappa shape index (κ2) is 4.50. The molecular weight excluding hydrogens is 188 g/mol. The summed E-state index contributed by atoms with van der Waals surface area (Å²) in [5.41, 5.74) is 7.34. The van der Waals surface area contributed by atoms with Crippen LogP contribution in [-0.4, -0.2) is 15.0 Å². The van der Waals surface area contributed by atoms with Gasteiger partial charge in [0.1, 0.15) is 5.82 Å². The van der Waals surface area contributed by atoms with Crippen LogP contribution in [0.1, 0.15) is 11.4 Å². The monoisotopic (exact) mass is 200 g/mol. The molecule has 0 aliphatic rings. The van der Waals surface area contributed by atoms with Crippen LogP contribution in [0.15, 0.2) is 36.9 Å². The molecule has 2 aromatic rings. The van der Waals surface area contributed by atoms with Crippen molar-refractivity contribution < 1.29 is 0 Å². The van der Waals surface area contributed by atoms with E-state index in [1.54, 1.807) is 24.8 Å². The normalized spacial score (nSPS) is 10.1. The van der Waals surface area contributed by atoms with E-state index in [9.17, 15) is 0 Å². The highest BCUT2D eigenvalue weighted by Gasteiger charge is 1.97. The van der Waals surface area contributed by atoms with Crippen molar-refractivity contribution in [3.8, 4) is 0 Å². The molecule has 2 rings (SSSR count). The van der Waals surface area contributed by atoms with E-state index in [4.69, 9.17) is 5.73 Å². The SMILES string of the molecule is Nc1cnc(CCc2ccncc2)nc1. The largest absolute Gasteiger partial charge is 0.396 e. The van der Waals surface area contributed by atoms with Crippen LogP contribution in [0.3, 0.4) is 0 Å². The lowest BCUT2D eigenvalue weighted by molar-refractivity contribution is 0.857. The van der Waals surface area contributed by atoms with Gasteiger partial charge in [0.25, 0.3) is 0 Å². The standard InChI is InChI=1S/C11H12N4/c12-10-7-14-11(15-8-10)2-1-9-3-5-13-6-4-9/h3-8H,1-2,12H2. The first-order valence-corrected chi connectivity index (χ1v) is 4.80. The van der Waals surface area contributed by atoms with Crippen molar-refractivity contribution in [1.82, 2.24) is 15.0 Å². The van der Waals surface area contributed by atoms with Gasteiger partial charge in [-0.25, -0.2) is 9.97 Å². The average molecular weight is 200 g/mol. The molecule has 0 amide bonds. The van der Waals surface area contributed by atoms with Crippen molar-refractivity contribution in [2.24, 2.45) is 0 Å². The van der Waals surface area contributed by atoms with Gasteiger partial charge in [0.2, 0.25) is 0 Å². The number of nitrogens with two attached hydrogens (primary N) is 1. The molecule has 2 aromatic heterocycles. The van der Waals surface area contributed by atoms with Crippen LogP contribution < -0.4 is 5.73 Å². The first kappa shape index (κ1) is 9.58. The fraction of sp³-hybridized carbons (Fsp3) is 0.182. The van der Waals surface area contributed by atoms with Gasteiger partial charge in [0.15, 0.2) is 0 Å². The van der Waals surface area contributed by atoms with Crippen LogP contribution >= 0.6 is 0 Å². The van der Waals surface area contributed by atoms with Crippen molar-refractivity contribution >= 4 is 5.69 Å². The van der Waals surface area contributed by atoms with Gasteiger partial charge in [-0.1, -0.05) is 0 Å². The fourth-order valence-corrected chi connectivity index (χ4v) is 1.30. The molecule has 0 saturated carbocycles. The first-order chi connectivity index (χ1) is 7.34. The minimum atomic E-state index is 0.600. The molecule has 0 spiro atoms. The second-order valence-electron chi connectivity index (χ2n) is 3.29. The van der Waals surface area contributed by atoms with Crippen molar-refractivity contribution in [3.63, 3.8) is 0 Å². The highest BCUT2D eigenvalue weighted by atomic mass is 14.9. The van der Waals surface area contributed by atoms with Gasteiger partial charge in [-0.3, -0.25) is 4.98 Å². The van der Waals surface area contributed by atoms with E-state index in [0.29, 0.717) is 5.69 Å². The molecule has 2 N–H and O–H groups in total. The second-order valence-corrected chi connectivity index (χ2v) is 3.29. The number of hydrogen-bond acceptors (Lipinski definition) is 4. The number of anilines is 1. The Kier molecular flexibility index (Phi) is 2.88. The van der Waals surface area contributed by atoms with Crippen LogP contribution in [-0.2, 0) is 12.8 Å². The van der Waals surface area contributed by atoms with E-state index in [-0.39, 0.29) is 0 Å². The van der Waals surface area contributed by atoms with Gasteiger partial charge < -0.3 is 5.73 Å². The Morgan fingerprint density at radius 2 is 1.67 bits per heavy atom. The Hall–Kier alpha value is -1.97. The summed E-state index contributed by atoms with van der Waals surface area (Å²) in [7, 11) is 0. The zero-order valence-electron chi connectivity index (χ0n) is 8.30. The van der Waals surface area contributed by atoms with Gasteiger partial charge in [-0.2, -0.15) is 0 Å². The van der Waals surface area contributed by atoms with Crippen LogP contribution in [0.25, 0.3) is 0 Å². The van der Waals surface area contributed by atoms with Gasteiger partial charge in [0, 0.05) is 18.8 Å². The summed E-state index contributed by atoms with van der Waals surface area (Å²) in [6.45, 7) is 0. The van der Waals surface area contributed by atoms with E-state index >= 15 is 0 Å². The molecule has 76 valence electrons. The number of aromatic nitrogens is 3. The van der Waals surface area contributed by atoms with Gasteiger partial charge in [-0.15, -0.1) is 0 Å². The minimum Gasteiger partial charge on any atom is -0.396 e. The number of hydrogen-bond donors (Lipinski definition) is 1. The van der Waals surface area contributed by atoms with E-state index in [1.165, 1.54) is 5.56 Å². The molecule has 2 heterocycles. The summed E-state index contributed by atoms with van der Waals surface area (Å²) in [4.78, 5) is 12.2. The molecule has 4 heteroatoms. The molecule has 0 saturated heterocycles. The smallest absolute Gasteiger partial charge is 0.128 e. The highest BCUT2D eigenvalue weighted by Crippen LogP contribution is 2.03. The lowest BCUT2D eigenvalue weighted by atomic mass is 10.1. The summed E-state index contributed by atoms with van der Waals surface area (Å²) < 4.78 is 0. The molecule has 0 aliphatic heterocycles. The molecule has 0 atom stereocenters. The summed E-state index contributed by atoms with van der Waals surface area (Å²) in [6, 6.07) is 3.99. The predicted octanol–water partition coefficient (Wildman–Crippen LogP) is 1.24. The summed E-state index contributed by atoms with van der Waals surface area (Å²) >= 11 is 0. The lowest BCUT2D eigenvalue weighted by Gasteiger charge is -2.00. The lowest BCUT2D eigenvalue weighted by Crippen LogP contribution is -1.99. The van der Waals surface area contributed by atoms with Crippen LogP contribution in [0.2, 0.25) is 0 Å². The van der Waals surface area contributed by atoms with E-state index < -0.39 is 0 Å². The van der Waals surface area contributed by atoms with Crippen molar-refractivity contribution in [3.05, 3.63) is 48.3 Å². The van der Waals surface area contributed by atoms with Crippen molar-refractivity contribution in [1.29, 1.82) is 0 Å². The van der Waals surface area contributed by atoms with E-state index in [0.717, 1.165) is 18.7 Å². The Bertz CT molecular complexity index is 410. The van der Waals surface area contributed by atoms with E-state index in [1.807, 2.05) is 12.1 Å². The highest BCUT2D eigenvalue weighted by molar-refractivity contribution is 5.30. The summed E-state index contributed by atoms with van der Waals surface area (Å²) in [5, 5.41) is 0. The number of nitrogens with zero attached hydrogens (tertiary/aromatic N) is 3. The molecule has 0 aliphatic carbocycles. The maximum Gasteiger partial charge on any atom is 0.128 e. The third-order valence-electron chi connectivity index (χ3n) is 2.11. The minimum absolute atomic E-state index is 0.600. The van der Waals surface area contributed by atoms with Crippen molar-refractivity contribution in [2.45, 2.75) is 12.8 Å². The number of aryl methyl sites for hydroxylation is 2. The number of pyridine rings is 1. The number of nitrogen functional groups attached to an aromatic ring is 1. The zero-order chi connectivity index (χ0) is 10.5. The van der Waals surface area contributed by atoms with Crippen molar-refractivity contribution in [2.75, 3.05) is 5.73 Å². The predicted molar refractivity (Wildman–Crippen MR) is 58.1 cm³/mol. The third kappa shape index (κ3) is 2.74. The summed E-state index contributed by atoms with van der Waals surface area (Å²) in [6.07, 6.45) is 8.60.